The van der Waals surface area contributed by atoms with Crippen LogP contribution in [0.1, 0.15) is 162 Å². The van der Waals surface area contributed by atoms with Gasteiger partial charge in [0, 0.05) is 12.5 Å². The van der Waals surface area contributed by atoms with Crippen molar-refractivity contribution in [3.8, 4) is 0 Å². The lowest BCUT2D eigenvalue weighted by molar-refractivity contribution is -0.143. The average Bonchev–Trinajstić information content (AvgIpc) is 3.58. The summed E-state index contributed by atoms with van der Waals surface area (Å²) in [5.41, 5.74) is 0. The largest absolute Gasteiger partial charge is 0.466 e. The predicted molar refractivity (Wildman–Crippen MR) is 153 cm³/mol. The summed E-state index contributed by atoms with van der Waals surface area (Å²) in [6.07, 6.45) is 31.3. The predicted octanol–water partition coefficient (Wildman–Crippen LogP) is 9.72. The number of ether oxygens (including phenoxy) is 1. The van der Waals surface area contributed by atoms with Crippen molar-refractivity contribution < 1.29 is 9.53 Å². The van der Waals surface area contributed by atoms with Gasteiger partial charge in [0.2, 0.25) is 0 Å². The summed E-state index contributed by atoms with van der Waals surface area (Å²) in [4.78, 5) is 13.8. The molecule has 3 unspecified atom stereocenters. The van der Waals surface area contributed by atoms with Crippen molar-refractivity contribution in [3.63, 3.8) is 0 Å². The van der Waals surface area contributed by atoms with E-state index in [4.69, 9.17) is 4.74 Å². The standard InChI is InChI=1S/C32H63NO2/c1-5-7-8-20-25-31(33(3)4)26-21-16-12-10-9-11-14-18-23-29-28-30(29)24-19-15-13-17-22-27-32(34)35-6-2/h29-31H,5-28H2,1-4H3. The molecule has 0 heterocycles. The number of hydrogen-bond donors (Lipinski definition) is 0. The molecule has 208 valence electrons. The van der Waals surface area contributed by atoms with E-state index in [9.17, 15) is 4.79 Å². The third-order valence-corrected chi connectivity index (χ3v) is 8.31. The van der Waals surface area contributed by atoms with Gasteiger partial charge in [0.1, 0.15) is 0 Å². The van der Waals surface area contributed by atoms with E-state index >= 15 is 0 Å². The lowest BCUT2D eigenvalue weighted by atomic mass is 9.99. The van der Waals surface area contributed by atoms with Crippen LogP contribution in [0.3, 0.4) is 0 Å². The first-order valence-electron chi connectivity index (χ1n) is 15.9. The zero-order chi connectivity index (χ0) is 25.6. The summed E-state index contributed by atoms with van der Waals surface area (Å²) < 4.78 is 4.98. The molecule has 1 aliphatic rings. The van der Waals surface area contributed by atoms with Crippen LogP contribution >= 0.6 is 0 Å². The molecule has 1 fully saturated rings. The molecular weight excluding hydrogens is 430 g/mol. The van der Waals surface area contributed by atoms with E-state index < -0.39 is 0 Å². The van der Waals surface area contributed by atoms with Gasteiger partial charge in [-0.2, -0.15) is 0 Å². The minimum Gasteiger partial charge on any atom is -0.466 e. The van der Waals surface area contributed by atoms with Crippen LogP contribution in [-0.2, 0) is 9.53 Å². The van der Waals surface area contributed by atoms with Crippen LogP contribution in [-0.4, -0.2) is 37.6 Å². The maximum atomic E-state index is 11.3. The molecule has 1 saturated carbocycles. The smallest absolute Gasteiger partial charge is 0.305 e. The lowest BCUT2D eigenvalue weighted by Crippen LogP contribution is -2.27. The van der Waals surface area contributed by atoms with E-state index in [1.54, 1.807) is 0 Å². The van der Waals surface area contributed by atoms with Gasteiger partial charge in [-0.1, -0.05) is 122 Å². The highest BCUT2D eigenvalue weighted by Gasteiger charge is 2.34. The second kappa shape index (κ2) is 22.6. The Kier molecular flexibility index (Phi) is 21.0. The molecule has 0 aromatic heterocycles. The minimum atomic E-state index is -0.0228. The first-order valence-corrected chi connectivity index (χ1v) is 15.9. The van der Waals surface area contributed by atoms with Gasteiger partial charge in [-0.3, -0.25) is 4.79 Å². The van der Waals surface area contributed by atoms with Crippen molar-refractivity contribution in [2.45, 2.75) is 168 Å². The third kappa shape index (κ3) is 19.2. The van der Waals surface area contributed by atoms with Gasteiger partial charge < -0.3 is 9.64 Å². The third-order valence-electron chi connectivity index (χ3n) is 8.31. The maximum absolute atomic E-state index is 11.3. The molecule has 0 N–H and O–H groups in total. The van der Waals surface area contributed by atoms with Crippen molar-refractivity contribution in [1.82, 2.24) is 4.90 Å². The van der Waals surface area contributed by atoms with E-state index in [2.05, 4.69) is 25.9 Å². The van der Waals surface area contributed by atoms with E-state index in [0.717, 1.165) is 24.3 Å². The Morgan fingerprint density at radius 3 is 1.63 bits per heavy atom. The Morgan fingerprint density at radius 2 is 1.14 bits per heavy atom. The molecule has 3 atom stereocenters. The quantitative estimate of drug-likeness (QED) is 0.0887. The van der Waals surface area contributed by atoms with Crippen LogP contribution in [0, 0.1) is 11.8 Å². The van der Waals surface area contributed by atoms with E-state index in [1.807, 2.05) is 6.92 Å². The monoisotopic (exact) mass is 493 g/mol. The molecule has 0 bridgehead atoms. The van der Waals surface area contributed by atoms with Crippen molar-refractivity contribution in [3.05, 3.63) is 0 Å². The fourth-order valence-electron chi connectivity index (χ4n) is 5.77. The van der Waals surface area contributed by atoms with Crippen LogP contribution < -0.4 is 0 Å². The average molecular weight is 494 g/mol. The Morgan fingerprint density at radius 1 is 0.686 bits per heavy atom. The van der Waals surface area contributed by atoms with Crippen LogP contribution in [0.2, 0.25) is 0 Å². The van der Waals surface area contributed by atoms with Crippen LogP contribution in [0.5, 0.6) is 0 Å². The maximum Gasteiger partial charge on any atom is 0.305 e. The number of rotatable bonds is 26. The van der Waals surface area contributed by atoms with Gasteiger partial charge in [-0.05, 0) is 58.5 Å². The van der Waals surface area contributed by atoms with E-state index in [0.29, 0.717) is 13.0 Å². The number of hydrogen-bond acceptors (Lipinski definition) is 3. The molecule has 0 aromatic rings. The van der Waals surface area contributed by atoms with Gasteiger partial charge in [0.25, 0.3) is 0 Å². The number of esters is 1. The molecule has 0 radical (unpaired) electrons. The second-order valence-electron chi connectivity index (χ2n) is 11.7. The summed E-state index contributed by atoms with van der Waals surface area (Å²) in [6, 6.07) is 0.806. The molecular formula is C32H63NO2. The highest BCUT2D eigenvalue weighted by Crippen LogP contribution is 2.45. The van der Waals surface area contributed by atoms with E-state index in [1.165, 1.54) is 135 Å². The number of unbranched alkanes of at least 4 members (excludes halogenated alkanes) is 14. The second-order valence-corrected chi connectivity index (χ2v) is 11.7. The number of carbonyl (C=O) groups is 1. The molecule has 1 aliphatic carbocycles. The first-order chi connectivity index (χ1) is 17.1. The van der Waals surface area contributed by atoms with E-state index in [-0.39, 0.29) is 5.97 Å². The molecule has 35 heavy (non-hydrogen) atoms. The fraction of sp³-hybridized carbons (Fsp3) is 0.969. The normalized spacial score (nSPS) is 18.2. The van der Waals surface area contributed by atoms with Crippen molar-refractivity contribution >= 4 is 5.97 Å². The van der Waals surface area contributed by atoms with Crippen LogP contribution in [0.25, 0.3) is 0 Å². The van der Waals surface area contributed by atoms with Crippen molar-refractivity contribution in [2.75, 3.05) is 20.7 Å². The molecule has 0 spiro atoms. The lowest BCUT2D eigenvalue weighted by Gasteiger charge is -2.24. The fourth-order valence-corrected chi connectivity index (χ4v) is 5.77. The highest BCUT2D eigenvalue weighted by atomic mass is 16.5. The molecule has 1 rings (SSSR count). The van der Waals surface area contributed by atoms with Crippen LogP contribution in [0.4, 0.5) is 0 Å². The van der Waals surface area contributed by atoms with Gasteiger partial charge in [0.15, 0.2) is 0 Å². The molecule has 0 aromatic carbocycles. The zero-order valence-electron chi connectivity index (χ0n) is 24.5. The molecule has 0 amide bonds. The topological polar surface area (TPSA) is 29.5 Å². The highest BCUT2D eigenvalue weighted by molar-refractivity contribution is 5.69. The molecule has 0 aliphatic heterocycles. The van der Waals surface area contributed by atoms with Crippen LogP contribution in [0.15, 0.2) is 0 Å². The summed E-state index contributed by atoms with van der Waals surface area (Å²) in [6.45, 7) is 4.69. The van der Waals surface area contributed by atoms with Gasteiger partial charge in [0.05, 0.1) is 6.61 Å². The van der Waals surface area contributed by atoms with Gasteiger partial charge in [-0.15, -0.1) is 0 Å². The summed E-state index contributed by atoms with van der Waals surface area (Å²) in [5.74, 6) is 2.09. The first kappa shape index (κ1) is 32.5. The summed E-state index contributed by atoms with van der Waals surface area (Å²) in [7, 11) is 4.54. The van der Waals surface area contributed by atoms with Gasteiger partial charge in [-0.25, -0.2) is 0 Å². The Labute approximate surface area is 220 Å². The van der Waals surface area contributed by atoms with Crippen molar-refractivity contribution in [1.29, 1.82) is 0 Å². The SMILES string of the molecule is CCCCCCC(CCCCCCCCCCC1CC1CCCCCCCC(=O)OCC)N(C)C. The minimum absolute atomic E-state index is 0.0228. The molecule has 3 heteroatoms. The summed E-state index contributed by atoms with van der Waals surface area (Å²) >= 11 is 0. The zero-order valence-corrected chi connectivity index (χ0v) is 24.5. The van der Waals surface area contributed by atoms with Gasteiger partial charge >= 0.3 is 5.97 Å². The Balaban J connectivity index is 1.81. The summed E-state index contributed by atoms with van der Waals surface area (Å²) in [5, 5.41) is 0. The molecule has 0 saturated heterocycles. The van der Waals surface area contributed by atoms with Crippen molar-refractivity contribution in [2.24, 2.45) is 11.8 Å². The Hall–Kier alpha value is -0.570. The Bertz CT molecular complexity index is 478. The number of nitrogens with zero attached hydrogens (tertiary/aromatic N) is 1. The number of carbonyl (C=O) groups excluding carboxylic acids is 1. The molecule has 3 nitrogen and oxygen atoms in total.